The third-order valence-corrected chi connectivity index (χ3v) is 4.27. The number of hydrogen-bond donors (Lipinski definition) is 2. The second kappa shape index (κ2) is 8.80. The Morgan fingerprint density at radius 1 is 1.16 bits per heavy atom. The molecular weight excluding hydrogens is 336 g/mol. The van der Waals surface area contributed by atoms with Gasteiger partial charge in [-0.15, -0.1) is 0 Å². The molecule has 0 saturated carbocycles. The highest BCUT2D eigenvalue weighted by Crippen LogP contribution is 2.26. The van der Waals surface area contributed by atoms with Crippen LogP contribution in [0.15, 0.2) is 24.3 Å². The molecule has 0 bridgehead atoms. The second-order valence-corrected chi connectivity index (χ2v) is 7.02. The van der Waals surface area contributed by atoms with Crippen molar-refractivity contribution >= 4 is 40.5 Å². The monoisotopic (exact) mass is 362 g/mol. The molecule has 7 heteroatoms. The minimum Gasteiger partial charge on any atom is -0.366 e. The van der Waals surface area contributed by atoms with Crippen molar-refractivity contribution in [1.82, 2.24) is 10.2 Å². The molecule has 0 aliphatic carbocycles. The van der Waals surface area contributed by atoms with Crippen molar-refractivity contribution in [1.29, 1.82) is 0 Å². The molecule has 2 N–H and O–H groups in total. The lowest BCUT2D eigenvalue weighted by molar-refractivity contribution is -0.129. The zero-order valence-corrected chi connectivity index (χ0v) is 15.9. The van der Waals surface area contributed by atoms with Gasteiger partial charge in [-0.05, 0) is 30.3 Å². The van der Waals surface area contributed by atoms with Crippen LogP contribution >= 0.6 is 12.2 Å². The van der Waals surface area contributed by atoms with Crippen molar-refractivity contribution in [2.24, 2.45) is 5.92 Å². The number of nitrogens with one attached hydrogen (secondary N) is 2. The molecule has 0 atom stereocenters. The van der Waals surface area contributed by atoms with Gasteiger partial charge >= 0.3 is 0 Å². The van der Waals surface area contributed by atoms with Crippen LogP contribution in [0.3, 0.4) is 0 Å². The Hall–Kier alpha value is -2.15. The Labute approximate surface area is 154 Å². The van der Waals surface area contributed by atoms with Crippen molar-refractivity contribution in [3.05, 3.63) is 24.3 Å². The number of benzene rings is 1. The fourth-order valence-corrected chi connectivity index (χ4v) is 3.04. The van der Waals surface area contributed by atoms with E-state index in [0.717, 1.165) is 24.5 Å². The van der Waals surface area contributed by atoms with E-state index in [0.29, 0.717) is 24.6 Å². The van der Waals surface area contributed by atoms with Gasteiger partial charge in [-0.3, -0.25) is 9.59 Å². The summed E-state index contributed by atoms with van der Waals surface area (Å²) in [5, 5.41) is 6.15. The molecule has 1 saturated heterocycles. The van der Waals surface area contributed by atoms with E-state index in [2.05, 4.69) is 15.5 Å². The van der Waals surface area contributed by atoms with E-state index in [1.807, 2.05) is 43.0 Å². The standard InChI is InChI=1S/C18H26N4O2S/c1-13(2)12-17(24)20-18(25)19-15-6-4-5-7-16(15)22-10-8-21(9-11-22)14(3)23/h4-7,13H,8-12H2,1-3H3,(H2,19,20,24,25). The van der Waals surface area contributed by atoms with Crippen LogP contribution in [0.4, 0.5) is 11.4 Å². The maximum Gasteiger partial charge on any atom is 0.226 e. The molecule has 1 fully saturated rings. The first-order valence-electron chi connectivity index (χ1n) is 8.57. The van der Waals surface area contributed by atoms with Crippen LogP contribution < -0.4 is 15.5 Å². The smallest absolute Gasteiger partial charge is 0.226 e. The average molecular weight is 362 g/mol. The summed E-state index contributed by atoms with van der Waals surface area (Å²) in [5.74, 6) is 0.313. The van der Waals surface area contributed by atoms with Gasteiger partial charge in [0.05, 0.1) is 11.4 Å². The predicted octanol–water partition coefficient (Wildman–Crippen LogP) is 2.21. The zero-order chi connectivity index (χ0) is 18.4. The Kier molecular flexibility index (Phi) is 6.75. The third kappa shape index (κ3) is 5.70. The maximum absolute atomic E-state index is 11.9. The van der Waals surface area contributed by atoms with Crippen LogP contribution in [0, 0.1) is 5.92 Å². The molecule has 2 rings (SSSR count). The van der Waals surface area contributed by atoms with Crippen LogP contribution in [-0.2, 0) is 9.59 Å². The SMILES string of the molecule is CC(=O)N1CCN(c2ccccc2NC(=S)NC(=O)CC(C)C)CC1. The molecule has 0 aromatic heterocycles. The van der Waals surface area contributed by atoms with Crippen molar-refractivity contribution < 1.29 is 9.59 Å². The van der Waals surface area contributed by atoms with Crippen molar-refractivity contribution in [3.63, 3.8) is 0 Å². The summed E-state index contributed by atoms with van der Waals surface area (Å²) in [5.41, 5.74) is 1.87. The Morgan fingerprint density at radius 3 is 2.40 bits per heavy atom. The van der Waals surface area contributed by atoms with E-state index in [-0.39, 0.29) is 17.7 Å². The van der Waals surface area contributed by atoms with Crippen LogP contribution in [0.25, 0.3) is 0 Å². The number of piperazine rings is 1. The van der Waals surface area contributed by atoms with E-state index in [9.17, 15) is 9.59 Å². The Bertz CT molecular complexity index is 640. The first-order chi connectivity index (χ1) is 11.9. The molecule has 0 unspecified atom stereocenters. The van der Waals surface area contributed by atoms with Gasteiger partial charge in [0.25, 0.3) is 0 Å². The van der Waals surface area contributed by atoms with E-state index < -0.39 is 0 Å². The molecule has 25 heavy (non-hydrogen) atoms. The molecule has 0 spiro atoms. The van der Waals surface area contributed by atoms with Crippen molar-refractivity contribution in [2.45, 2.75) is 27.2 Å². The number of carbonyl (C=O) groups excluding carboxylic acids is 2. The summed E-state index contributed by atoms with van der Waals surface area (Å²) in [6.45, 7) is 8.54. The van der Waals surface area contributed by atoms with Gasteiger partial charge < -0.3 is 20.4 Å². The van der Waals surface area contributed by atoms with Gasteiger partial charge in [-0.2, -0.15) is 0 Å². The normalized spacial score (nSPS) is 14.4. The minimum atomic E-state index is -0.0833. The fraction of sp³-hybridized carbons (Fsp3) is 0.500. The number of para-hydroxylation sites is 2. The van der Waals surface area contributed by atoms with Gasteiger partial charge in [0.2, 0.25) is 11.8 Å². The summed E-state index contributed by atoms with van der Waals surface area (Å²) >= 11 is 5.26. The highest BCUT2D eigenvalue weighted by atomic mass is 32.1. The largest absolute Gasteiger partial charge is 0.366 e. The zero-order valence-electron chi connectivity index (χ0n) is 15.0. The van der Waals surface area contributed by atoms with Gasteiger partial charge in [-0.1, -0.05) is 26.0 Å². The summed E-state index contributed by atoms with van der Waals surface area (Å²) in [4.78, 5) is 27.4. The summed E-state index contributed by atoms with van der Waals surface area (Å²) in [7, 11) is 0. The molecule has 1 aliphatic rings. The summed E-state index contributed by atoms with van der Waals surface area (Å²) in [6.07, 6.45) is 0.441. The molecule has 136 valence electrons. The van der Waals surface area contributed by atoms with E-state index in [1.165, 1.54) is 0 Å². The Balaban J connectivity index is 2.00. The summed E-state index contributed by atoms with van der Waals surface area (Å²) in [6, 6.07) is 7.85. The first kappa shape index (κ1) is 19.2. The number of amides is 2. The number of anilines is 2. The van der Waals surface area contributed by atoms with Crippen LogP contribution in [-0.4, -0.2) is 48.0 Å². The van der Waals surface area contributed by atoms with Gasteiger partial charge in [-0.25, -0.2) is 0 Å². The number of carbonyl (C=O) groups is 2. The van der Waals surface area contributed by atoms with Gasteiger partial charge in [0, 0.05) is 39.5 Å². The molecule has 1 heterocycles. The quantitative estimate of drug-likeness (QED) is 0.804. The predicted molar refractivity (Wildman–Crippen MR) is 105 cm³/mol. The molecule has 1 aromatic carbocycles. The maximum atomic E-state index is 11.9. The van der Waals surface area contributed by atoms with Crippen LogP contribution in [0.5, 0.6) is 0 Å². The van der Waals surface area contributed by atoms with Gasteiger partial charge in [0.1, 0.15) is 0 Å². The number of rotatable bonds is 4. The Morgan fingerprint density at radius 2 is 1.80 bits per heavy atom. The molecule has 1 aromatic rings. The van der Waals surface area contributed by atoms with E-state index in [4.69, 9.17) is 12.2 Å². The van der Waals surface area contributed by atoms with Crippen molar-refractivity contribution in [3.8, 4) is 0 Å². The van der Waals surface area contributed by atoms with Crippen LogP contribution in [0.2, 0.25) is 0 Å². The van der Waals surface area contributed by atoms with Gasteiger partial charge in [0.15, 0.2) is 5.11 Å². The third-order valence-electron chi connectivity index (χ3n) is 4.06. The topological polar surface area (TPSA) is 64.7 Å². The lowest BCUT2D eigenvalue weighted by atomic mass is 10.1. The van der Waals surface area contributed by atoms with E-state index >= 15 is 0 Å². The highest BCUT2D eigenvalue weighted by molar-refractivity contribution is 7.80. The van der Waals surface area contributed by atoms with Crippen LogP contribution in [0.1, 0.15) is 27.2 Å². The first-order valence-corrected chi connectivity index (χ1v) is 8.98. The molecule has 6 nitrogen and oxygen atoms in total. The minimum absolute atomic E-state index is 0.0833. The number of nitrogens with zero attached hydrogens (tertiary/aromatic N) is 2. The molecule has 1 aliphatic heterocycles. The summed E-state index contributed by atoms with van der Waals surface area (Å²) < 4.78 is 0. The fourth-order valence-electron chi connectivity index (χ4n) is 2.82. The van der Waals surface area contributed by atoms with Crippen molar-refractivity contribution in [2.75, 3.05) is 36.4 Å². The second-order valence-electron chi connectivity index (χ2n) is 6.61. The number of thiocarbonyl (C=S) groups is 1. The molecular formula is C18H26N4O2S. The lowest BCUT2D eigenvalue weighted by Crippen LogP contribution is -2.48. The molecule has 2 amide bonds. The average Bonchev–Trinajstić information content (AvgIpc) is 2.54. The highest BCUT2D eigenvalue weighted by Gasteiger charge is 2.20. The number of hydrogen-bond acceptors (Lipinski definition) is 4. The lowest BCUT2D eigenvalue weighted by Gasteiger charge is -2.36. The van der Waals surface area contributed by atoms with E-state index in [1.54, 1.807) is 6.92 Å². The molecule has 0 radical (unpaired) electrons.